The van der Waals surface area contributed by atoms with Crippen LogP contribution in [0.15, 0.2) is 93.5 Å². The third kappa shape index (κ3) is 4.83. The number of nitrogens with zero attached hydrogens (tertiary/aromatic N) is 3. The molecule has 1 atom stereocenters. The molecule has 0 N–H and O–H groups in total. The summed E-state index contributed by atoms with van der Waals surface area (Å²) >= 11 is 2.85. The molecule has 8 heteroatoms. The van der Waals surface area contributed by atoms with Gasteiger partial charge in [0.15, 0.2) is 4.80 Å². The van der Waals surface area contributed by atoms with E-state index >= 15 is 0 Å². The molecule has 41 heavy (non-hydrogen) atoms. The average Bonchev–Trinajstić information content (AvgIpc) is 3.68. The first-order valence-electron chi connectivity index (χ1n) is 13.4. The second-order valence-corrected chi connectivity index (χ2v) is 11.9. The molecule has 0 radical (unpaired) electrons. The predicted octanol–water partition coefficient (Wildman–Crippen LogP) is 5.71. The summed E-state index contributed by atoms with van der Waals surface area (Å²) < 4.78 is 9.94. The molecule has 0 unspecified atom stereocenters. The Labute approximate surface area is 245 Å². The van der Waals surface area contributed by atoms with E-state index in [2.05, 4.69) is 55.7 Å². The highest BCUT2D eigenvalue weighted by molar-refractivity contribution is 7.10. The number of aromatic nitrogens is 2. The smallest absolute Gasteiger partial charge is 0.338 e. The summed E-state index contributed by atoms with van der Waals surface area (Å²) in [5.41, 5.74) is 6.91. The molecule has 1 aliphatic rings. The number of benzene rings is 2. The Balaban J connectivity index is 1.58. The third-order valence-electron chi connectivity index (χ3n) is 7.24. The van der Waals surface area contributed by atoms with E-state index in [0.29, 0.717) is 20.6 Å². The van der Waals surface area contributed by atoms with Gasteiger partial charge >= 0.3 is 5.97 Å². The maximum atomic E-state index is 14.1. The van der Waals surface area contributed by atoms with Crippen LogP contribution < -0.4 is 14.9 Å². The van der Waals surface area contributed by atoms with Gasteiger partial charge in [-0.05, 0) is 69.0 Å². The fraction of sp³-hybridized carbons (Fsp3) is 0.182. The number of esters is 1. The molecule has 1 aliphatic heterocycles. The van der Waals surface area contributed by atoms with Gasteiger partial charge in [-0.1, -0.05) is 65.4 Å². The van der Waals surface area contributed by atoms with Crippen molar-refractivity contribution in [1.82, 2.24) is 9.13 Å². The molecule has 3 aromatic heterocycles. The third-order valence-corrected chi connectivity index (χ3v) is 9.14. The normalized spacial score (nSPS) is 15.1. The molecule has 0 amide bonds. The number of hydrogen-bond acceptors (Lipinski definition) is 6. The van der Waals surface area contributed by atoms with Crippen molar-refractivity contribution in [2.75, 3.05) is 6.61 Å². The lowest BCUT2D eigenvalue weighted by molar-refractivity contribution is -0.138. The lowest BCUT2D eigenvalue weighted by Crippen LogP contribution is -2.39. The first kappa shape index (κ1) is 26.9. The molecule has 6 rings (SSSR count). The van der Waals surface area contributed by atoms with Gasteiger partial charge in [0.2, 0.25) is 0 Å². The van der Waals surface area contributed by atoms with Gasteiger partial charge in [0, 0.05) is 27.5 Å². The number of aryl methyl sites for hydroxylation is 2. The molecule has 4 heterocycles. The number of hydrogen-bond donors (Lipinski definition) is 0. The highest BCUT2D eigenvalue weighted by Gasteiger charge is 2.35. The van der Waals surface area contributed by atoms with E-state index in [1.165, 1.54) is 28.2 Å². The molecular weight excluding hydrogens is 551 g/mol. The largest absolute Gasteiger partial charge is 0.463 e. The SMILES string of the molecule is CCOC(=O)C1=C(c2ccccc2)N=c2s/c(=C\c3cc(C)n(-c4ccc(C)cc4)c3C)c(=O)n2[C@@H]1c1cccs1. The van der Waals surface area contributed by atoms with Crippen LogP contribution in [0.4, 0.5) is 0 Å². The van der Waals surface area contributed by atoms with Crippen LogP contribution in [-0.2, 0) is 9.53 Å². The number of rotatable bonds is 6. The van der Waals surface area contributed by atoms with E-state index in [1.807, 2.05) is 53.9 Å². The highest BCUT2D eigenvalue weighted by atomic mass is 32.1. The Morgan fingerprint density at radius 3 is 2.46 bits per heavy atom. The fourth-order valence-electron chi connectivity index (χ4n) is 5.32. The Morgan fingerprint density at radius 2 is 1.78 bits per heavy atom. The van der Waals surface area contributed by atoms with Crippen molar-refractivity contribution < 1.29 is 9.53 Å². The van der Waals surface area contributed by atoms with Crippen molar-refractivity contribution >= 4 is 40.4 Å². The quantitative estimate of drug-likeness (QED) is 0.242. The van der Waals surface area contributed by atoms with Crippen LogP contribution in [0.3, 0.4) is 0 Å². The molecule has 0 bridgehead atoms. The zero-order valence-corrected chi connectivity index (χ0v) is 24.9. The minimum Gasteiger partial charge on any atom is -0.463 e. The monoisotopic (exact) mass is 579 g/mol. The van der Waals surface area contributed by atoms with Gasteiger partial charge in [0.1, 0.15) is 6.04 Å². The van der Waals surface area contributed by atoms with Gasteiger partial charge in [0.25, 0.3) is 5.56 Å². The summed E-state index contributed by atoms with van der Waals surface area (Å²) in [6.45, 7) is 8.22. The zero-order chi connectivity index (χ0) is 28.7. The molecule has 0 aliphatic carbocycles. The Kier molecular flexibility index (Phi) is 7.19. The summed E-state index contributed by atoms with van der Waals surface area (Å²) in [6, 6.07) is 23.4. The van der Waals surface area contributed by atoms with Crippen LogP contribution in [0, 0.1) is 20.8 Å². The summed E-state index contributed by atoms with van der Waals surface area (Å²) in [7, 11) is 0. The minimum atomic E-state index is -0.636. The molecule has 6 nitrogen and oxygen atoms in total. The maximum absolute atomic E-state index is 14.1. The number of ether oxygens (including phenoxy) is 1. The second kappa shape index (κ2) is 11.0. The van der Waals surface area contributed by atoms with Crippen LogP contribution in [0.2, 0.25) is 0 Å². The summed E-state index contributed by atoms with van der Waals surface area (Å²) in [5, 5.41) is 1.95. The van der Waals surface area contributed by atoms with Gasteiger partial charge in [-0.3, -0.25) is 9.36 Å². The predicted molar refractivity (Wildman–Crippen MR) is 165 cm³/mol. The molecule has 2 aromatic carbocycles. The van der Waals surface area contributed by atoms with Crippen molar-refractivity contribution in [2.24, 2.45) is 4.99 Å². The number of fused-ring (bicyclic) bond motifs is 1. The van der Waals surface area contributed by atoms with E-state index < -0.39 is 12.0 Å². The Bertz CT molecular complexity index is 1960. The van der Waals surface area contributed by atoms with E-state index in [1.54, 1.807) is 11.5 Å². The fourth-order valence-corrected chi connectivity index (χ4v) is 7.14. The van der Waals surface area contributed by atoms with Gasteiger partial charge in [0.05, 0.1) is 22.4 Å². The number of carbonyl (C=O) groups excluding carboxylic acids is 1. The standard InChI is InChI=1S/C33H29N3O3S2/c1-5-39-32(38)28-29(23-10-7-6-8-11-23)34-33-36(30(28)26-12-9-17-40-26)31(37)27(41-33)19-24-18-21(3)35(22(24)4)25-15-13-20(2)14-16-25/h6-19,30H,5H2,1-4H3/b27-19-/t30-/m1/s1. The van der Waals surface area contributed by atoms with Crippen LogP contribution in [0.25, 0.3) is 17.5 Å². The average molecular weight is 580 g/mol. The van der Waals surface area contributed by atoms with E-state index in [0.717, 1.165) is 33.1 Å². The van der Waals surface area contributed by atoms with Crippen LogP contribution in [0.1, 0.15) is 45.9 Å². The van der Waals surface area contributed by atoms with Gasteiger partial charge in [-0.25, -0.2) is 9.79 Å². The molecule has 0 saturated carbocycles. The number of carbonyl (C=O) groups is 1. The molecular formula is C33H29N3O3S2. The molecule has 206 valence electrons. The Morgan fingerprint density at radius 1 is 1.02 bits per heavy atom. The molecule has 5 aromatic rings. The van der Waals surface area contributed by atoms with E-state index in [9.17, 15) is 9.59 Å². The van der Waals surface area contributed by atoms with Crippen molar-refractivity contribution in [3.63, 3.8) is 0 Å². The van der Waals surface area contributed by atoms with Crippen molar-refractivity contribution in [3.05, 3.63) is 136 Å². The first-order chi connectivity index (χ1) is 19.9. The van der Waals surface area contributed by atoms with Gasteiger partial charge in [-0.15, -0.1) is 11.3 Å². The molecule has 0 saturated heterocycles. The van der Waals surface area contributed by atoms with Crippen LogP contribution >= 0.6 is 22.7 Å². The van der Waals surface area contributed by atoms with E-state index in [4.69, 9.17) is 9.73 Å². The topological polar surface area (TPSA) is 65.6 Å². The van der Waals surface area contributed by atoms with Crippen LogP contribution in [-0.4, -0.2) is 21.7 Å². The summed E-state index contributed by atoms with van der Waals surface area (Å²) in [5.74, 6) is -0.468. The van der Waals surface area contributed by atoms with Crippen molar-refractivity contribution in [1.29, 1.82) is 0 Å². The van der Waals surface area contributed by atoms with E-state index in [-0.39, 0.29) is 12.2 Å². The summed E-state index contributed by atoms with van der Waals surface area (Å²) in [4.78, 5) is 34.0. The number of thiazole rings is 1. The lowest BCUT2D eigenvalue weighted by atomic mass is 9.97. The molecule has 0 spiro atoms. The van der Waals surface area contributed by atoms with Gasteiger partial charge < -0.3 is 9.30 Å². The number of thiophene rings is 1. The first-order valence-corrected chi connectivity index (χ1v) is 15.1. The minimum absolute atomic E-state index is 0.179. The van der Waals surface area contributed by atoms with Gasteiger partial charge in [-0.2, -0.15) is 0 Å². The van der Waals surface area contributed by atoms with Crippen molar-refractivity contribution in [2.45, 2.75) is 33.7 Å². The highest BCUT2D eigenvalue weighted by Crippen LogP contribution is 2.36. The molecule has 0 fully saturated rings. The zero-order valence-electron chi connectivity index (χ0n) is 23.3. The Hall–Kier alpha value is -4.27. The summed E-state index contributed by atoms with van der Waals surface area (Å²) in [6.07, 6.45) is 1.94. The second-order valence-electron chi connectivity index (χ2n) is 9.94. The van der Waals surface area contributed by atoms with Crippen molar-refractivity contribution in [3.8, 4) is 5.69 Å². The lowest BCUT2D eigenvalue weighted by Gasteiger charge is -2.24. The maximum Gasteiger partial charge on any atom is 0.338 e. The van der Waals surface area contributed by atoms with Crippen LogP contribution in [0.5, 0.6) is 0 Å².